The third-order valence-electron chi connectivity index (χ3n) is 5.18. The molecule has 1 aliphatic heterocycles. The van der Waals surface area contributed by atoms with Crippen molar-refractivity contribution in [2.75, 3.05) is 13.1 Å². The molecule has 184 valence electrons. The van der Waals surface area contributed by atoms with E-state index in [1.54, 1.807) is 4.90 Å². The van der Waals surface area contributed by atoms with Crippen LogP contribution in [-0.4, -0.2) is 48.1 Å². The molecule has 1 heterocycles. The number of ether oxygens (including phenoxy) is 4. The molecule has 8 heteroatoms. The molecule has 34 heavy (non-hydrogen) atoms. The summed E-state index contributed by atoms with van der Waals surface area (Å²) in [5, 5.41) is 2.66. The third-order valence-corrected chi connectivity index (χ3v) is 5.18. The van der Waals surface area contributed by atoms with Crippen molar-refractivity contribution in [3.05, 3.63) is 59.7 Å². The third kappa shape index (κ3) is 7.30. The lowest BCUT2D eigenvalue weighted by atomic mass is 10.1. The molecule has 0 fully saturated rings. The number of nitrogens with one attached hydrogen (secondary N) is 1. The largest absolute Gasteiger partial charge is 0.449 e. The first-order valence-electron chi connectivity index (χ1n) is 11.5. The summed E-state index contributed by atoms with van der Waals surface area (Å²) in [7, 11) is 0. The Kier molecular flexibility index (Phi) is 8.26. The van der Waals surface area contributed by atoms with Crippen molar-refractivity contribution < 1.29 is 28.5 Å². The molecule has 2 atom stereocenters. The standard InChI is InChI=1S/C26H34N2O6/c1-6-28(25(30)34-26(3,4)5)18(2)14-20-12-13-21-22(15-20)33-23(32-21)16-27-24(29)31-17-19-10-8-7-9-11-19/h7-13,15,18,23H,6,14,16-17H2,1-5H3,(H,27,29). The Hall–Kier alpha value is -3.42. The number of alkyl carbamates (subject to hydrolysis) is 1. The second kappa shape index (κ2) is 11.1. The predicted molar refractivity (Wildman–Crippen MR) is 128 cm³/mol. The molecule has 0 aliphatic carbocycles. The molecule has 0 radical (unpaired) electrons. The number of rotatable bonds is 8. The van der Waals surface area contributed by atoms with Gasteiger partial charge in [-0.25, -0.2) is 9.59 Å². The summed E-state index contributed by atoms with van der Waals surface area (Å²) < 4.78 is 22.3. The Labute approximate surface area is 201 Å². The van der Waals surface area contributed by atoms with Gasteiger partial charge in [0.2, 0.25) is 0 Å². The first-order valence-corrected chi connectivity index (χ1v) is 11.5. The number of hydrogen-bond donors (Lipinski definition) is 1. The van der Waals surface area contributed by atoms with Gasteiger partial charge >= 0.3 is 12.2 Å². The van der Waals surface area contributed by atoms with Crippen molar-refractivity contribution in [2.45, 2.75) is 65.6 Å². The lowest BCUT2D eigenvalue weighted by Gasteiger charge is -2.31. The van der Waals surface area contributed by atoms with Gasteiger partial charge in [-0.15, -0.1) is 0 Å². The van der Waals surface area contributed by atoms with Crippen molar-refractivity contribution in [2.24, 2.45) is 0 Å². The number of nitrogens with zero attached hydrogens (tertiary/aromatic N) is 1. The predicted octanol–water partition coefficient (Wildman–Crippen LogP) is 4.90. The highest BCUT2D eigenvalue weighted by atomic mass is 16.7. The molecule has 0 aromatic heterocycles. The minimum atomic E-state index is -0.638. The van der Waals surface area contributed by atoms with Crippen LogP contribution in [0.5, 0.6) is 11.5 Å². The Morgan fingerprint density at radius 2 is 1.76 bits per heavy atom. The van der Waals surface area contributed by atoms with Gasteiger partial charge in [-0.1, -0.05) is 36.4 Å². The Balaban J connectivity index is 1.48. The molecule has 0 saturated carbocycles. The van der Waals surface area contributed by atoms with Crippen LogP contribution in [0.4, 0.5) is 9.59 Å². The van der Waals surface area contributed by atoms with Crippen LogP contribution in [0.25, 0.3) is 0 Å². The zero-order chi connectivity index (χ0) is 24.7. The molecule has 2 aromatic rings. The number of fused-ring (bicyclic) bond motifs is 1. The number of carbonyl (C=O) groups excluding carboxylic acids is 2. The number of benzene rings is 2. The Bertz CT molecular complexity index is 973. The van der Waals surface area contributed by atoms with Crippen LogP contribution in [0.3, 0.4) is 0 Å². The summed E-state index contributed by atoms with van der Waals surface area (Å²) in [4.78, 5) is 26.2. The monoisotopic (exact) mass is 470 g/mol. The van der Waals surface area contributed by atoms with E-state index < -0.39 is 18.0 Å². The maximum Gasteiger partial charge on any atom is 0.410 e. The molecular weight excluding hydrogens is 436 g/mol. The van der Waals surface area contributed by atoms with Crippen LogP contribution in [-0.2, 0) is 22.5 Å². The summed E-state index contributed by atoms with van der Waals surface area (Å²) in [5.41, 5.74) is 1.38. The summed E-state index contributed by atoms with van der Waals surface area (Å²) in [5.74, 6) is 1.22. The van der Waals surface area contributed by atoms with Crippen LogP contribution in [0, 0.1) is 0 Å². The molecular formula is C26H34N2O6. The molecule has 2 aromatic carbocycles. The lowest BCUT2D eigenvalue weighted by molar-refractivity contribution is 0.0189. The molecule has 0 bridgehead atoms. The number of hydrogen-bond acceptors (Lipinski definition) is 6. The zero-order valence-corrected chi connectivity index (χ0v) is 20.5. The minimum Gasteiger partial charge on any atom is -0.449 e. The highest BCUT2D eigenvalue weighted by Crippen LogP contribution is 2.35. The van der Waals surface area contributed by atoms with Crippen molar-refractivity contribution in [1.82, 2.24) is 10.2 Å². The quantitative estimate of drug-likeness (QED) is 0.591. The molecule has 0 spiro atoms. The number of carbonyl (C=O) groups is 2. The van der Waals surface area contributed by atoms with Gasteiger partial charge in [-0.05, 0) is 64.3 Å². The van der Waals surface area contributed by atoms with Crippen molar-refractivity contribution in [3.8, 4) is 11.5 Å². The Morgan fingerprint density at radius 1 is 1.06 bits per heavy atom. The van der Waals surface area contributed by atoms with Crippen LogP contribution < -0.4 is 14.8 Å². The first kappa shape index (κ1) is 25.2. The molecule has 8 nitrogen and oxygen atoms in total. The van der Waals surface area contributed by atoms with E-state index in [2.05, 4.69) is 5.32 Å². The molecule has 1 aliphatic rings. The van der Waals surface area contributed by atoms with E-state index in [1.807, 2.05) is 83.1 Å². The topological polar surface area (TPSA) is 86.3 Å². The van der Waals surface area contributed by atoms with Gasteiger partial charge in [0.05, 0.1) is 6.54 Å². The van der Waals surface area contributed by atoms with Crippen molar-refractivity contribution >= 4 is 12.2 Å². The maximum atomic E-state index is 12.5. The van der Waals surface area contributed by atoms with Crippen molar-refractivity contribution in [1.29, 1.82) is 0 Å². The number of amides is 2. The SMILES string of the molecule is CCN(C(=O)OC(C)(C)C)C(C)Cc1ccc2c(c1)OC(CNC(=O)OCc1ccccc1)O2. The molecule has 2 amide bonds. The highest BCUT2D eigenvalue weighted by molar-refractivity contribution is 5.68. The van der Waals surface area contributed by atoms with Gasteiger partial charge in [-0.2, -0.15) is 0 Å². The fourth-order valence-corrected chi connectivity index (χ4v) is 3.59. The maximum absolute atomic E-state index is 12.5. The van der Waals surface area contributed by atoms with Gasteiger partial charge in [0.15, 0.2) is 11.5 Å². The average Bonchev–Trinajstić information content (AvgIpc) is 3.18. The Morgan fingerprint density at radius 3 is 2.44 bits per heavy atom. The van der Waals surface area contributed by atoms with E-state index in [0.29, 0.717) is 24.5 Å². The summed E-state index contributed by atoms with van der Waals surface area (Å²) >= 11 is 0. The van der Waals surface area contributed by atoms with E-state index in [1.165, 1.54) is 0 Å². The minimum absolute atomic E-state index is 0.0583. The van der Waals surface area contributed by atoms with Gasteiger partial charge < -0.3 is 29.2 Å². The van der Waals surface area contributed by atoms with Gasteiger partial charge in [0.1, 0.15) is 12.2 Å². The second-order valence-electron chi connectivity index (χ2n) is 9.21. The summed E-state index contributed by atoms with van der Waals surface area (Å²) in [6, 6.07) is 15.1. The highest BCUT2D eigenvalue weighted by Gasteiger charge is 2.27. The molecule has 3 rings (SSSR count). The van der Waals surface area contributed by atoms with E-state index in [-0.39, 0.29) is 25.3 Å². The molecule has 1 N–H and O–H groups in total. The summed E-state index contributed by atoms with van der Waals surface area (Å²) in [6.07, 6.45) is -0.865. The van der Waals surface area contributed by atoms with Crippen molar-refractivity contribution in [3.63, 3.8) is 0 Å². The first-order chi connectivity index (χ1) is 16.1. The number of likely N-dealkylation sites (N-methyl/N-ethyl adjacent to an activating group) is 1. The van der Waals surface area contributed by atoms with E-state index in [9.17, 15) is 9.59 Å². The van der Waals surface area contributed by atoms with Crippen LogP contribution >= 0.6 is 0 Å². The molecule has 0 saturated heterocycles. The van der Waals surface area contributed by atoms with Crippen LogP contribution in [0.15, 0.2) is 48.5 Å². The van der Waals surface area contributed by atoms with Crippen LogP contribution in [0.2, 0.25) is 0 Å². The fourth-order valence-electron chi connectivity index (χ4n) is 3.59. The van der Waals surface area contributed by atoms with E-state index >= 15 is 0 Å². The zero-order valence-electron chi connectivity index (χ0n) is 20.5. The van der Waals surface area contributed by atoms with Gasteiger partial charge in [0, 0.05) is 12.6 Å². The van der Waals surface area contributed by atoms with Gasteiger partial charge in [0.25, 0.3) is 6.29 Å². The fraction of sp³-hybridized carbons (Fsp3) is 0.462. The second-order valence-corrected chi connectivity index (χ2v) is 9.21. The lowest BCUT2D eigenvalue weighted by Crippen LogP contribution is -2.42. The van der Waals surface area contributed by atoms with Gasteiger partial charge in [-0.3, -0.25) is 0 Å². The normalized spacial score (nSPS) is 15.4. The van der Waals surface area contributed by atoms with E-state index in [4.69, 9.17) is 18.9 Å². The average molecular weight is 471 g/mol. The smallest absolute Gasteiger partial charge is 0.410 e. The van der Waals surface area contributed by atoms with E-state index in [0.717, 1.165) is 11.1 Å². The summed E-state index contributed by atoms with van der Waals surface area (Å²) in [6.45, 7) is 10.4. The van der Waals surface area contributed by atoms with Crippen LogP contribution in [0.1, 0.15) is 45.7 Å². The molecule has 2 unspecified atom stereocenters.